The average Bonchev–Trinajstić information content (AvgIpc) is 2.39. The molecule has 104 valence electrons. The number of nitrogens with zero attached hydrogens (tertiary/aromatic N) is 1. The van der Waals surface area contributed by atoms with Gasteiger partial charge in [0.05, 0.1) is 0 Å². The van der Waals surface area contributed by atoms with Gasteiger partial charge in [-0.25, -0.2) is 8.78 Å². The number of halogens is 2. The van der Waals surface area contributed by atoms with Crippen molar-refractivity contribution in [2.45, 2.75) is 25.3 Å². The first-order chi connectivity index (χ1) is 9.15. The van der Waals surface area contributed by atoms with Crippen molar-refractivity contribution < 1.29 is 13.6 Å². The van der Waals surface area contributed by atoms with E-state index in [2.05, 4.69) is 5.32 Å². The fourth-order valence-electron chi connectivity index (χ4n) is 2.56. The predicted octanol–water partition coefficient (Wildman–Crippen LogP) is 2.18. The predicted molar refractivity (Wildman–Crippen MR) is 69.0 cm³/mol. The van der Waals surface area contributed by atoms with Gasteiger partial charge in [-0.3, -0.25) is 4.79 Å². The normalized spacial score (nSPS) is 19.5. The summed E-state index contributed by atoms with van der Waals surface area (Å²) in [4.78, 5) is 13.9. The maximum Gasteiger partial charge on any atom is 0.260 e. The zero-order valence-electron chi connectivity index (χ0n) is 11.0. The SMILES string of the molecule is CNCC1CCCCN1C(=O)c1c(F)cccc1F. The molecule has 0 saturated carbocycles. The number of hydrogen-bond acceptors (Lipinski definition) is 2. The summed E-state index contributed by atoms with van der Waals surface area (Å²) in [6, 6.07) is 3.51. The first-order valence-corrected chi connectivity index (χ1v) is 6.54. The molecule has 1 N–H and O–H groups in total. The molecular formula is C14H18F2N2O. The second kappa shape index (κ2) is 6.10. The van der Waals surface area contributed by atoms with Crippen molar-refractivity contribution in [2.75, 3.05) is 20.1 Å². The minimum absolute atomic E-state index is 0.00487. The molecule has 1 saturated heterocycles. The quantitative estimate of drug-likeness (QED) is 0.911. The second-order valence-electron chi connectivity index (χ2n) is 4.80. The monoisotopic (exact) mass is 268 g/mol. The zero-order valence-corrected chi connectivity index (χ0v) is 11.0. The standard InChI is InChI=1S/C14H18F2N2O/c1-17-9-10-5-2-3-8-18(10)14(19)13-11(15)6-4-7-12(13)16/h4,6-7,10,17H,2-3,5,8-9H2,1H3. The van der Waals surface area contributed by atoms with Crippen molar-refractivity contribution in [3.63, 3.8) is 0 Å². The second-order valence-corrected chi connectivity index (χ2v) is 4.80. The lowest BCUT2D eigenvalue weighted by Crippen LogP contribution is -2.48. The highest BCUT2D eigenvalue weighted by molar-refractivity contribution is 5.95. The summed E-state index contributed by atoms with van der Waals surface area (Å²) in [6.07, 6.45) is 2.78. The van der Waals surface area contributed by atoms with Crippen LogP contribution in [0.2, 0.25) is 0 Å². The first-order valence-electron chi connectivity index (χ1n) is 6.54. The maximum atomic E-state index is 13.7. The Morgan fingerprint density at radius 3 is 2.68 bits per heavy atom. The summed E-state index contributed by atoms with van der Waals surface area (Å²) in [5, 5.41) is 3.02. The van der Waals surface area contributed by atoms with Crippen LogP contribution in [0.15, 0.2) is 18.2 Å². The molecule has 1 aliphatic rings. The van der Waals surface area contributed by atoms with Crippen LogP contribution in [-0.2, 0) is 0 Å². The Labute approximate surface area is 111 Å². The van der Waals surface area contributed by atoms with E-state index in [9.17, 15) is 13.6 Å². The van der Waals surface area contributed by atoms with Crippen LogP contribution in [0.4, 0.5) is 8.78 Å². The molecule has 2 rings (SSSR count). The Bertz CT molecular complexity index is 443. The van der Waals surface area contributed by atoms with Gasteiger partial charge >= 0.3 is 0 Å². The van der Waals surface area contributed by atoms with Crippen molar-refractivity contribution in [1.82, 2.24) is 10.2 Å². The summed E-state index contributed by atoms with van der Waals surface area (Å²) in [5.41, 5.74) is -0.439. The maximum absolute atomic E-state index is 13.7. The summed E-state index contributed by atoms with van der Waals surface area (Å²) in [5.74, 6) is -2.13. The van der Waals surface area contributed by atoms with E-state index in [4.69, 9.17) is 0 Å². The third kappa shape index (κ3) is 2.92. The van der Waals surface area contributed by atoms with Crippen molar-refractivity contribution in [2.24, 2.45) is 0 Å². The zero-order chi connectivity index (χ0) is 13.8. The summed E-state index contributed by atoms with van der Waals surface area (Å²) in [7, 11) is 1.81. The fraction of sp³-hybridized carbons (Fsp3) is 0.500. The van der Waals surface area contributed by atoms with E-state index in [0.29, 0.717) is 13.1 Å². The highest BCUT2D eigenvalue weighted by Gasteiger charge is 2.30. The van der Waals surface area contributed by atoms with Crippen molar-refractivity contribution >= 4 is 5.91 Å². The van der Waals surface area contributed by atoms with Gasteiger partial charge in [-0.1, -0.05) is 6.07 Å². The van der Waals surface area contributed by atoms with Crippen LogP contribution in [0.1, 0.15) is 29.6 Å². The van der Waals surface area contributed by atoms with Crippen LogP contribution in [0.3, 0.4) is 0 Å². The topological polar surface area (TPSA) is 32.3 Å². The van der Waals surface area contributed by atoms with E-state index < -0.39 is 23.1 Å². The highest BCUT2D eigenvalue weighted by Crippen LogP contribution is 2.22. The molecule has 3 nitrogen and oxygen atoms in total. The Morgan fingerprint density at radius 2 is 2.05 bits per heavy atom. The molecule has 5 heteroatoms. The van der Waals surface area contributed by atoms with E-state index in [0.717, 1.165) is 31.4 Å². The van der Waals surface area contributed by atoms with E-state index in [-0.39, 0.29) is 6.04 Å². The van der Waals surface area contributed by atoms with Crippen LogP contribution in [0.25, 0.3) is 0 Å². The Morgan fingerprint density at radius 1 is 1.37 bits per heavy atom. The number of benzene rings is 1. The molecule has 1 heterocycles. The molecule has 1 atom stereocenters. The highest BCUT2D eigenvalue weighted by atomic mass is 19.1. The lowest BCUT2D eigenvalue weighted by atomic mass is 10.0. The number of likely N-dealkylation sites (tertiary alicyclic amines) is 1. The molecule has 1 unspecified atom stereocenters. The van der Waals surface area contributed by atoms with Crippen molar-refractivity contribution in [1.29, 1.82) is 0 Å². The van der Waals surface area contributed by atoms with E-state index in [1.54, 1.807) is 11.9 Å². The van der Waals surface area contributed by atoms with Crippen LogP contribution >= 0.6 is 0 Å². The molecule has 1 aromatic rings. The summed E-state index contributed by atoms with van der Waals surface area (Å²) in [6.45, 7) is 1.20. The third-order valence-electron chi connectivity index (χ3n) is 3.50. The van der Waals surface area contributed by atoms with Gasteiger partial charge in [-0.15, -0.1) is 0 Å². The van der Waals surface area contributed by atoms with Crippen molar-refractivity contribution in [3.8, 4) is 0 Å². The molecule has 1 amide bonds. The van der Waals surface area contributed by atoms with Gasteiger partial charge in [0.2, 0.25) is 0 Å². The van der Waals surface area contributed by atoms with Gasteiger partial charge in [0.1, 0.15) is 17.2 Å². The van der Waals surface area contributed by atoms with E-state index >= 15 is 0 Å². The fourth-order valence-corrected chi connectivity index (χ4v) is 2.56. The lowest BCUT2D eigenvalue weighted by molar-refractivity contribution is 0.0605. The molecular weight excluding hydrogens is 250 g/mol. The van der Waals surface area contributed by atoms with E-state index in [1.807, 2.05) is 0 Å². The number of carbonyl (C=O) groups excluding carboxylic acids is 1. The number of nitrogens with one attached hydrogen (secondary N) is 1. The van der Waals surface area contributed by atoms with Gasteiger partial charge in [0, 0.05) is 19.1 Å². The molecule has 1 aromatic carbocycles. The number of piperidine rings is 1. The number of amides is 1. The number of likely N-dealkylation sites (N-methyl/N-ethyl adjacent to an activating group) is 1. The Kier molecular flexibility index (Phi) is 4.47. The minimum Gasteiger partial charge on any atom is -0.334 e. The molecule has 1 fully saturated rings. The molecule has 1 aliphatic heterocycles. The molecule has 0 bridgehead atoms. The minimum atomic E-state index is -0.793. The largest absolute Gasteiger partial charge is 0.334 e. The lowest BCUT2D eigenvalue weighted by Gasteiger charge is -2.35. The summed E-state index contributed by atoms with van der Waals surface area (Å²) >= 11 is 0. The van der Waals surface area contributed by atoms with Gasteiger partial charge in [-0.2, -0.15) is 0 Å². The van der Waals surface area contributed by atoms with Gasteiger partial charge in [0.15, 0.2) is 0 Å². The molecule has 0 aromatic heterocycles. The van der Waals surface area contributed by atoms with Crippen LogP contribution in [0.5, 0.6) is 0 Å². The molecule has 19 heavy (non-hydrogen) atoms. The number of hydrogen-bond donors (Lipinski definition) is 1. The molecule has 0 radical (unpaired) electrons. The Hall–Kier alpha value is -1.49. The summed E-state index contributed by atoms with van der Waals surface area (Å²) < 4.78 is 27.3. The Balaban J connectivity index is 2.26. The smallest absolute Gasteiger partial charge is 0.260 e. The van der Waals surface area contributed by atoms with Gasteiger partial charge in [-0.05, 0) is 38.4 Å². The molecule has 0 aliphatic carbocycles. The molecule has 0 spiro atoms. The van der Waals surface area contributed by atoms with Crippen LogP contribution in [0, 0.1) is 11.6 Å². The number of rotatable bonds is 3. The van der Waals surface area contributed by atoms with Gasteiger partial charge in [0.25, 0.3) is 5.91 Å². The first kappa shape index (κ1) is 13.9. The van der Waals surface area contributed by atoms with E-state index in [1.165, 1.54) is 6.07 Å². The van der Waals surface area contributed by atoms with Crippen molar-refractivity contribution in [3.05, 3.63) is 35.4 Å². The average molecular weight is 268 g/mol. The third-order valence-corrected chi connectivity index (χ3v) is 3.50. The van der Waals surface area contributed by atoms with Crippen LogP contribution < -0.4 is 5.32 Å². The van der Waals surface area contributed by atoms with Crippen LogP contribution in [-0.4, -0.2) is 37.0 Å². The van der Waals surface area contributed by atoms with Gasteiger partial charge < -0.3 is 10.2 Å². The number of carbonyl (C=O) groups is 1.